The minimum atomic E-state index is -1.03. The van der Waals surface area contributed by atoms with Gasteiger partial charge in [0.1, 0.15) is 0 Å². The minimum absolute atomic E-state index is 0.431. The van der Waals surface area contributed by atoms with E-state index in [1.54, 1.807) is 0 Å². The summed E-state index contributed by atoms with van der Waals surface area (Å²) in [6.45, 7) is 9.55. The van der Waals surface area contributed by atoms with E-state index < -0.39 is 15.7 Å². The van der Waals surface area contributed by atoms with Crippen LogP contribution in [-0.4, -0.2) is 15.7 Å². The van der Waals surface area contributed by atoms with Gasteiger partial charge in [-0.2, -0.15) is 0 Å². The van der Waals surface area contributed by atoms with Gasteiger partial charge >= 0.3 is 5.97 Å². The maximum absolute atomic E-state index is 11.3. The Morgan fingerprint density at radius 1 is 1.41 bits per heavy atom. The van der Waals surface area contributed by atoms with E-state index in [4.69, 9.17) is 9.46 Å². The molecule has 0 aromatic heterocycles. The Hall–Kier alpha value is -1.39. The molecule has 0 unspecified atom stereocenters. The van der Waals surface area contributed by atoms with Crippen molar-refractivity contribution < 1.29 is 14.3 Å². The molecule has 0 bridgehead atoms. The Bertz CT molecular complexity index is 427. The zero-order valence-corrected chi connectivity index (χ0v) is 12.0. The van der Waals surface area contributed by atoms with E-state index >= 15 is 0 Å². The molecular formula is C13H18O3Si. The fourth-order valence-corrected chi connectivity index (χ4v) is 2.34. The van der Waals surface area contributed by atoms with Gasteiger partial charge in [0.15, 0.2) is 0 Å². The first-order valence-corrected chi connectivity index (χ1v) is 6.91. The van der Waals surface area contributed by atoms with E-state index in [1.165, 1.54) is 11.1 Å². The maximum atomic E-state index is 11.3. The van der Waals surface area contributed by atoms with E-state index in [-0.39, 0.29) is 0 Å². The van der Waals surface area contributed by atoms with Gasteiger partial charge in [-0.05, 0) is 36.6 Å². The van der Waals surface area contributed by atoms with Gasteiger partial charge in [-0.3, -0.25) is 0 Å². The number of carbonyl (C=O) groups excluding carboxylic acids is 1. The molecule has 0 amide bonds. The Morgan fingerprint density at radius 3 is 2.76 bits per heavy atom. The summed E-state index contributed by atoms with van der Waals surface area (Å²) >= 11 is 0. The lowest BCUT2D eigenvalue weighted by Crippen LogP contribution is -2.23. The number of benzene rings is 1. The van der Waals surface area contributed by atoms with Gasteiger partial charge < -0.3 is 4.89 Å². The highest BCUT2D eigenvalue weighted by Gasteiger charge is 2.08. The average molecular weight is 250 g/mol. The zero-order valence-electron chi connectivity index (χ0n) is 10.6. The highest BCUT2D eigenvalue weighted by molar-refractivity contribution is 6.47. The first-order valence-electron chi connectivity index (χ1n) is 5.63. The van der Waals surface area contributed by atoms with Crippen molar-refractivity contribution in [2.24, 2.45) is 0 Å². The van der Waals surface area contributed by atoms with Crippen molar-refractivity contribution in [1.82, 2.24) is 0 Å². The topological polar surface area (TPSA) is 35.5 Å². The first-order chi connectivity index (χ1) is 8.06. The van der Waals surface area contributed by atoms with Crippen LogP contribution in [0.2, 0.25) is 0 Å². The summed E-state index contributed by atoms with van der Waals surface area (Å²) < 4.78 is 5.07. The summed E-state index contributed by atoms with van der Waals surface area (Å²) in [6.07, 6.45) is 0.577. The molecule has 0 aliphatic heterocycles. The molecule has 1 aromatic carbocycles. The van der Waals surface area contributed by atoms with Crippen LogP contribution in [0.4, 0.5) is 0 Å². The van der Waals surface area contributed by atoms with Crippen molar-refractivity contribution in [1.29, 1.82) is 0 Å². The van der Waals surface area contributed by atoms with Gasteiger partial charge in [-0.15, -0.1) is 0 Å². The van der Waals surface area contributed by atoms with E-state index in [1.807, 2.05) is 26.0 Å². The second-order valence-corrected chi connectivity index (χ2v) is 5.24. The average Bonchev–Trinajstić information content (AvgIpc) is 2.33. The molecule has 0 aliphatic carbocycles. The van der Waals surface area contributed by atoms with Crippen molar-refractivity contribution in [2.45, 2.75) is 27.2 Å². The summed E-state index contributed by atoms with van der Waals surface area (Å²) in [5.74, 6) is -0.467. The quantitative estimate of drug-likeness (QED) is 0.343. The van der Waals surface area contributed by atoms with Gasteiger partial charge in [0.2, 0.25) is 0 Å². The van der Waals surface area contributed by atoms with Crippen LogP contribution in [0.3, 0.4) is 0 Å². The van der Waals surface area contributed by atoms with Crippen LogP contribution in [-0.2, 0) is 14.3 Å². The fourth-order valence-electron chi connectivity index (χ4n) is 1.32. The lowest BCUT2D eigenvalue weighted by atomic mass is 10.1. The van der Waals surface area contributed by atoms with E-state index in [0.717, 1.165) is 5.19 Å². The van der Waals surface area contributed by atoms with Crippen LogP contribution in [0.15, 0.2) is 30.4 Å². The molecule has 1 rings (SSSR count). The zero-order chi connectivity index (χ0) is 12.8. The molecule has 17 heavy (non-hydrogen) atoms. The Kier molecular flexibility index (Phi) is 5.12. The number of carbonyl (C=O) groups is 1. The monoisotopic (exact) mass is 250 g/mol. The molecule has 3 nitrogen and oxygen atoms in total. The largest absolute Gasteiger partial charge is 0.367 e. The normalized spacial score (nSPS) is 10.8. The van der Waals surface area contributed by atoms with Gasteiger partial charge in [0.05, 0.1) is 0 Å². The number of hydrogen-bond acceptors (Lipinski definition) is 3. The van der Waals surface area contributed by atoms with Gasteiger partial charge in [0, 0.05) is 5.57 Å². The van der Waals surface area contributed by atoms with Crippen molar-refractivity contribution >= 4 is 20.9 Å². The maximum Gasteiger partial charge on any atom is 0.367 e. The molecule has 0 aliphatic rings. The van der Waals surface area contributed by atoms with Gasteiger partial charge in [-0.1, -0.05) is 31.7 Å². The predicted molar refractivity (Wildman–Crippen MR) is 70.7 cm³/mol. The fraction of sp³-hybridized carbons (Fsp3) is 0.308. The summed E-state index contributed by atoms with van der Waals surface area (Å²) in [5, 5.41) is 1.15. The van der Waals surface area contributed by atoms with Crippen molar-refractivity contribution in [2.75, 3.05) is 0 Å². The summed E-state index contributed by atoms with van der Waals surface area (Å²) in [5.41, 5.74) is 2.87. The molecule has 0 saturated carbocycles. The molecule has 0 spiro atoms. The highest BCUT2D eigenvalue weighted by Crippen LogP contribution is 2.03. The van der Waals surface area contributed by atoms with Crippen LogP contribution in [0.5, 0.6) is 0 Å². The third-order valence-corrected chi connectivity index (χ3v) is 4.09. The van der Waals surface area contributed by atoms with Crippen molar-refractivity contribution in [3.05, 3.63) is 41.5 Å². The Morgan fingerprint density at radius 2 is 2.12 bits per heavy atom. The standard InChI is InChI=1S/C13H18O3Si/c1-5-9(2)13(14)15-16-17-12-8-6-7-10(3)11(12)4/h6-8H,2,5,17H2,1,3-4H3. The molecule has 92 valence electrons. The predicted octanol–water partition coefficient (Wildman–Crippen LogP) is 1.45. The third-order valence-electron chi connectivity index (χ3n) is 2.78. The van der Waals surface area contributed by atoms with Crippen LogP contribution in [0.1, 0.15) is 24.5 Å². The summed E-state index contributed by atoms with van der Waals surface area (Å²) in [7, 11) is -1.03. The van der Waals surface area contributed by atoms with Gasteiger partial charge in [-0.25, -0.2) is 9.37 Å². The van der Waals surface area contributed by atoms with Crippen LogP contribution in [0.25, 0.3) is 0 Å². The Balaban J connectivity index is 2.49. The highest BCUT2D eigenvalue weighted by atomic mass is 28.2. The van der Waals surface area contributed by atoms with E-state index in [2.05, 4.69) is 19.6 Å². The first kappa shape index (κ1) is 13.7. The summed E-state index contributed by atoms with van der Waals surface area (Å²) in [4.78, 5) is 16.0. The third kappa shape index (κ3) is 3.83. The lowest BCUT2D eigenvalue weighted by Gasteiger charge is -2.08. The molecule has 0 radical (unpaired) electrons. The number of hydrogen-bond donors (Lipinski definition) is 0. The molecule has 0 heterocycles. The van der Waals surface area contributed by atoms with Crippen LogP contribution in [0, 0.1) is 13.8 Å². The minimum Gasteiger partial charge on any atom is -0.305 e. The molecule has 1 aromatic rings. The molecule has 0 N–H and O–H groups in total. The molecule has 4 heteroatoms. The molecule has 0 fully saturated rings. The summed E-state index contributed by atoms with van der Waals surface area (Å²) in [6, 6.07) is 6.05. The van der Waals surface area contributed by atoms with Crippen LogP contribution < -0.4 is 5.19 Å². The smallest absolute Gasteiger partial charge is 0.305 e. The molecular weight excluding hydrogens is 232 g/mol. The van der Waals surface area contributed by atoms with Gasteiger partial charge in [0.25, 0.3) is 9.76 Å². The molecule has 0 atom stereocenters. The van der Waals surface area contributed by atoms with Crippen molar-refractivity contribution in [3.63, 3.8) is 0 Å². The SMILES string of the molecule is C=C(CC)C(=O)OO[SiH2]c1cccc(C)c1C. The number of aryl methyl sites for hydroxylation is 1. The van der Waals surface area contributed by atoms with Crippen LogP contribution >= 0.6 is 0 Å². The van der Waals surface area contributed by atoms with E-state index in [9.17, 15) is 4.79 Å². The van der Waals surface area contributed by atoms with Crippen molar-refractivity contribution in [3.8, 4) is 0 Å². The molecule has 0 saturated heterocycles. The number of rotatable bonds is 5. The second-order valence-electron chi connectivity index (χ2n) is 3.95. The van der Waals surface area contributed by atoms with E-state index in [0.29, 0.717) is 12.0 Å². The second kappa shape index (κ2) is 6.37. The Labute approximate surface area is 104 Å². The lowest BCUT2D eigenvalue weighted by molar-refractivity contribution is -0.208.